The highest BCUT2D eigenvalue weighted by Gasteiger charge is 2.27. The van der Waals surface area contributed by atoms with Crippen LogP contribution < -0.4 is 27.4 Å². The minimum absolute atomic E-state index is 0.249. The summed E-state index contributed by atoms with van der Waals surface area (Å²) >= 11 is 1.45. The molecule has 0 aromatic heterocycles. The summed E-state index contributed by atoms with van der Waals surface area (Å²) in [6.07, 6.45) is 1.70. The molecule has 12 heteroatoms. The standard InChI is InChI=1S/C16H29N5O6S/c1-8(2)13(21-14(24)9(17)6-11(18)22)15(25)19-7-12(23)20-10(16(26)27)4-5-28-3/h8-10,13H,4-7,17H2,1-3H3,(H2,18,22)(H,19,25)(H,20,23)(H,21,24)(H,26,27). The van der Waals surface area contributed by atoms with E-state index in [9.17, 15) is 24.0 Å². The van der Waals surface area contributed by atoms with Crippen molar-refractivity contribution >= 4 is 41.4 Å². The number of rotatable bonds is 13. The van der Waals surface area contributed by atoms with Crippen molar-refractivity contribution in [2.24, 2.45) is 17.4 Å². The molecule has 0 radical (unpaired) electrons. The molecule has 0 aliphatic carbocycles. The molecule has 3 unspecified atom stereocenters. The van der Waals surface area contributed by atoms with Crippen molar-refractivity contribution in [3.05, 3.63) is 0 Å². The molecule has 0 aliphatic rings. The van der Waals surface area contributed by atoms with E-state index in [0.29, 0.717) is 5.75 Å². The lowest BCUT2D eigenvalue weighted by Crippen LogP contribution is -2.55. The predicted octanol–water partition coefficient (Wildman–Crippen LogP) is -2.23. The average molecular weight is 420 g/mol. The van der Waals surface area contributed by atoms with E-state index in [4.69, 9.17) is 16.6 Å². The number of aliphatic carboxylic acids is 1. The molecule has 0 saturated heterocycles. The number of primary amides is 1. The van der Waals surface area contributed by atoms with E-state index in [1.54, 1.807) is 13.8 Å². The van der Waals surface area contributed by atoms with Crippen molar-refractivity contribution in [2.75, 3.05) is 18.6 Å². The fourth-order valence-corrected chi connectivity index (χ4v) is 2.59. The molecule has 0 aliphatic heterocycles. The first-order chi connectivity index (χ1) is 13.0. The van der Waals surface area contributed by atoms with Crippen LogP contribution in [0.1, 0.15) is 26.7 Å². The first-order valence-electron chi connectivity index (χ1n) is 8.62. The van der Waals surface area contributed by atoms with Crippen molar-refractivity contribution in [3.63, 3.8) is 0 Å². The molecule has 0 rings (SSSR count). The fourth-order valence-electron chi connectivity index (χ4n) is 2.12. The predicted molar refractivity (Wildman–Crippen MR) is 104 cm³/mol. The molecule has 8 N–H and O–H groups in total. The smallest absolute Gasteiger partial charge is 0.326 e. The van der Waals surface area contributed by atoms with E-state index in [1.807, 2.05) is 6.26 Å². The monoisotopic (exact) mass is 419 g/mol. The molecular weight excluding hydrogens is 390 g/mol. The Hall–Kier alpha value is -2.34. The van der Waals surface area contributed by atoms with E-state index in [0.717, 1.165) is 0 Å². The number of nitrogens with two attached hydrogens (primary N) is 2. The van der Waals surface area contributed by atoms with E-state index in [2.05, 4.69) is 16.0 Å². The van der Waals surface area contributed by atoms with Gasteiger partial charge in [-0.1, -0.05) is 13.8 Å². The lowest BCUT2D eigenvalue weighted by molar-refractivity contribution is -0.141. The summed E-state index contributed by atoms with van der Waals surface area (Å²) in [5.41, 5.74) is 10.5. The topological polar surface area (TPSA) is 194 Å². The number of hydrogen-bond donors (Lipinski definition) is 6. The van der Waals surface area contributed by atoms with Crippen molar-refractivity contribution in [2.45, 2.75) is 44.8 Å². The molecule has 0 bridgehead atoms. The van der Waals surface area contributed by atoms with Crippen LogP contribution in [0.3, 0.4) is 0 Å². The van der Waals surface area contributed by atoms with E-state index in [-0.39, 0.29) is 18.8 Å². The summed E-state index contributed by atoms with van der Waals surface area (Å²) in [6, 6.07) is -3.24. The van der Waals surface area contributed by atoms with E-state index >= 15 is 0 Å². The maximum absolute atomic E-state index is 12.3. The first-order valence-corrected chi connectivity index (χ1v) is 10.0. The molecular formula is C16H29N5O6S. The van der Waals surface area contributed by atoms with Gasteiger partial charge in [0.1, 0.15) is 12.1 Å². The lowest BCUT2D eigenvalue weighted by atomic mass is 10.0. The summed E-state index contributed by atoms with van der Waals surface area (Å²) in [7, 11) is 0. The Morgan fingerprint density at radius 1 is 1.07 bits per heavy atom. The van der Waals surface area contributed by atoms with Gasteiger partial charge in [-0.25, -0.2) is 4.79 Å². The summed E-state index contributed by atoms with van der Waals surface area (Å²) < 4.78 is 0. The number of thioether (sulfide) groups is 1. The summed E-state index contributed by atoms with van der Waals surface area (Å²) in [6.45, 7) is 2.90. The second kappa shape index (κ2) is 12.9. The molecule has 3 atom stereocenters. The van der Waals surface area contributed by atoms with Gasteiger partial charge in [0.2, 0.25) is 23.6 Å². The third kappa shape index (κ3) is 10.1. The number of hydrogen-bond acceptors (Lipinski definition) is 7. The minimum atomic E-state index is -1.19. The van der Waals surface area contributed by atoms with Gasteiger partial charge in [0.25, 0.3) is 0 Å². The fraction of sp³-hybridized carbons (Fsp3) is 0.688. The highest BCUT2D eigenvalue weighted by Crippen LogP contribution is 2.03. The van der Waals surface area contributed by atoms with Crippen LogP contribution in [0.4, 0.5) is 0 Å². The lowest BCUT2D eigenvalue weighted by Gasteiger charge is -2.23. The summed E-state index contributed by atoms with van der Waals surface area (Å²) in [4.78, 5) is 58.2. The Balaban J connectivity index is 4.72. The van der Waals surface area contributed by atoms with Crippen molar-refractivity contribution in [3.8, 4) is 0 Å². The normalized spacial score (nSPS) is 13.9. The number of carboxylic acids is 1. The van der Waals surface area contributed by atoms with Crippen LogP contribution in [-0.2, 0) is 24.0 Å². The molecule has 11 nitrogen and oxygen atoms in total. The molecule has 4 amide bonds. The average Bonchev–Trinajstić information content (AvgIpc) is 2.59. The molecule has 0 aromatic rings. The van der Waals surface area contributed by atoms with E-state index in [1.165, 1.54) is 11.8 Å². The molecule has 0 aromatic carbocycles. The van der Waals surface area contributed by atoms with Crippen LogP contribution in [0.15, 0.2) is 0 Å². The van der Waals surface area contributed by atoms with Gasteiger partial charge >= 0.3 is 5.97 Å². The van der Waals surface area contributed by atoms with E-state index < -0.39 is 54.3 Å². The third-order valence-electron chi connectivity index (χ3n) is 3.67. The summed E-state index contributed by atoms with van der Waals surface area (Å²) in [5, 5.41) is 16.2. The first kappa shape index (κ1) is 25.7. The zero-order valence-corrected chi connectivity index (χ0v) is 17.0. The Bertz CT molecular complexity index is 586. The third-order valence-corrected chi connectivity index (χ3v) is 4.32. The number of carboxylic acid groups (broad SMARTS) is 1. The van der Waals surface area contributed by atoms with Gasteiger partial charge in [0.05, 0.1) is 19.0 Å². The minimum Gasteiger partial charge on any atom is -0.480 e. The number of carbonyl (C=O) groups is 5. The molecule has 28 heavy (non-hydrogen) atoms. The van der Waals surface area contributed by atoms with Gasteiger partial charge in [0.15, 0.2) is 0 Å². The zero-order valence-electron chi connectivity index (χ0n) is 16.2. The van der Waals surface area contributed by atoms with Crippen LogP contribution in [0.5, 0.6) is 0 Å². The quantitative estimate of drug-likeness (QED) is 0.193. The van der Waals surface area contributed by atoms with Gasteiger partial charge in [0, 0.05) is 0 Å². The highest BCUT2D eigenvalue weighted by molar-refractivity contribution is 7.98. The Labute approximate surface area is 167 Å². The Morgan fingerprint density at radius 3 is 2.14 bits per heavy atom. The zero-order chi connectivity index (χ0) is 21.9. The van der Waals surface area contributed by atoms with Crippen molar-refractivity contribution in [1.29, 1.82) is 0 Å². The van der Waals surface area contributed by atoms with Crippen LogP contribution in [0, 0.1) is 5.92 Å². The van der Waals surface area contributed by atoms with Crippen LogP contribution in [-0.4, -0.2) is 71.4 Å². The van der Waals surface area contributed by atoms with Crippen molar-refractivity contribution < 1.29 is 29.1 Å². The number of nitrogens with one attached hydrogen (secondary N) is 3. The second-order valence-electron chi connectivity index (χ2n) is 6.46. The molecule has 0 heterocycles. The van der Waals surface area contributed by atoms with Gasteiger partial charge in [-0.05, 0) is 24.3 Å². The van der Waals surface area contributed by atoms with Gasteiger partial charge in [-0.15, -0.1) is 0 Å². The van der Waals surface area contributed by atoms with Crippen LogP contribution in [0.2, 0.25) is 0 Å². The molecule has 160 valence electrons. The maximum Gasteiger partial charge on any atom is 0.326 e. The van der Waals surface area contributed by atoms with Gasteiger partial charge in [-0.3, -0.25) is 19.2 Å². The molecule has 0 fully saturated rings. The largest absolute Gasteiger partial charge is 0.480 e. The van der Waals surface area contributed by atoms with Crippen LogP contribution in [0.25, 0.3) is 0 Å². The molecule has 0 spiro atoms. The second-order valence-corrected chi connectivity index (χ2v) is 7.45. The Morgan fingerprint density at radius 2 is 1.68 bits per heavy atom. The SMILES string of the molecule is CSCCC(NC(=O)CNC(=O)C(NC(=O)C(N)CC(N)=O)C(C)C)C(=O)O. The highest BCUT2D eigenvalue weighted by atomic mass is 32.2. The van der Waals surface area contributed by atoms with Gasteiger partial charge < -0.3 is 32.5 Å². The number of carbonyl (C=O) groups excluding carboxylic acids is 4. The van der Waals surface area contributed by atoms with Crippen molar-refractivity contribution in [1.82, 2.24) is 16.0 Å². The number of amides is 4. The molecule has 0 saturated carbocycles. The van der Waals surface area contributed by atoms with Gasteiger partial charge in [-0.2, -0.15) is 11.8 Å². The summed E-state index contributed by atoms with van der Waals surface area (Å²) in [5.74, 6) is -3.72. The maximum atomic E-state index is 12.3. The van der Waals surface area contributed by atoms with Crippen LogP contribution >= 0.6 is 11.8 Å². The Kier molecular flexibility index (Phi) is 11.9.